The quantitative estimate of drug-likeness (QED) is 0.738. The van der Waals surface area contributed by atoms with Gasteiger partial charge in [0.15, 0.2) is 0 Å². The standard InChI is InChI=1S/C16H18N2O5S/c1-22-10-11-23-14-6-2-12(3-7-14)16(19)18-13-4-8-15(9-5-13)24(17,20)21/h2-9H,10-11H2,1H3,(H,18,19)(H2,17,20,21). The molecule has 0 radical (unpaired) electrons. The summed E-state index contributed by atoms with van der Waals surface area (Å²) < 4.78 is 32.7. The lowest BCUT2D eigenvalue weighted by molar-refractivity contribution is 0.102. The summed E-state index contributed by atoms with van der Waals surface area (Å²) in [6.45, 7) is 0.912. The Hall–Kier alpha value is -2.42. The molecular weight excluding hydrogens is 332 g/mol. The maximum Gasteiger partial charge on any atom is 0.255 e. The highest BCUT2D eigenvalue weighted by atomic mass is 32.2. The van der Waals surface area contributed by atoms with Crippen molar-refractivity contribution >= 4 is 21.6 Å². The first kappa shape index (κ1) is 17.9. The Morgan fingerprint density at radius 2 is 1.67 bits per heavy atom. The molecule has 2 rings (SSSR count). The number of carbonyl (C=O) groups excluding carboxylic acids is 1. The third kappa shape index (κ3) is 5.05. The molecule has 0 saturated heterocycles. The number of benzene rings is 2. The van der Waals surface area contributed by atoms with Gasteiger partial charge in [-0.2, -0.15) is 0 Å². The number of amides is 1. The number of methoxy groups -OCH3 is 1. The maximum atomic E-state index is 12.2. The minimum Gasteiger partial charge on any atom is -0.491 e. The largest absolute Gasteiger partial charge is 0.491 e. The van der Waals surface area contributed by atoms with Crippen molar-refractivity contribution in [2.75, 3.05) is 25.6 Å². The number of carbonyl (C=O) groups is 1. The topological polar surface area (TPSA) is 108 Å². The molecule has 0 spiro atoms. The van der Waals surface area contributed by atoms with E-state index in [1.807, 2.05) is 0 Å². The Labute approximate surface area is 140 Å². The number of hydrogen-bond donors (Lipinski definition) is 2. The zero-order valence-corrected chi connectivity index (χ0v) is 13.9. The Balaban J connectivity index is 1.99. The highest BCUT2D eigenvalue weighted by Gasteiger charge is 2.09. The van der Waals surface area contributed by atoms with Gasteiger partial charge in [-0.15, -0.1) is 0 Å². The molecule has 0 saturated carbocycles. The van der Waals surface area contributed by atoms with Crippen LogP contribution in [0.3, 0.4) is 0 Å². The van der Waals surface area contributed by atoms with Crippen LogP contribution < -0.4 is 15.2 Å². The summed E-state index contributed by atoms with van der Waals surface area (Å²) in [5.74, 6) is 0.322. The highest BCUT2D eigenvalue weighted by molar-refractivity contribution is 7.89. The predicted molar refractivity (Wildman–Crippen MR) is 89.6 cm³/mol. The average Bonchev–Trinajstić information content (AvgIpc) is 2.55. The van der Waals surface area contributed by atoms with Crippen LogP contribution in [0.4, 0.5) is 5.69 Å². The molecule has 0 aliphatic carbocycles. The van der Waals surface area contributed by atoms with E-state index in [0.29, 0.717) is 30.2 Å². The van der Waals surface area contributed by atoms with Crippen LogP contribution in [0.2, 0.25) is 0 Å². The van der Waals surface area contributed by atoms with E-state index in [9.17, 15) is 13.2 Å². The van der Waals surface area contributed by atoms with E-state index in [-0.39, 0.29) is 10.8 Å². The summed E-state index contributed by atoms with van der Waals surface area (Å²) in [4.78, 5) is 12.1. The summed E-state index contributed by atoms with van der Waals surface area (Å²) in [5, 5.41) is 7.70. The van der Waals surface area contributed by atoms with Gasteiger partial charge in [0.25, 0.3) is 5.91 Å². The van der Waals surface area contributed by atoms with Gasteiger partial charge in [-0.1, -0.05) is 0 Å². The minimum absolute atomic E-state index is 0.0157. The molecule has 24 heavy (non-hydrogen) atoms. The third-order valence-corrected chi connectivity index (χ3v) is 4.04. The van der Waals surface area contributed by atoms with E-state index in [1.165, 1.54) is 24.3 Å². The first-order valence-corrected chi connectivity index (χ1v) is 8.61. The monoisotopic (exact) mass is 350 g/mol. The molecule has 0 fully saturated rings. The molecule has 0 aliphatic rings. The lowest BCUT2D eigenvalue weighted by Gasteiger charge is -2.08. The Morgan fingerprint density at radius 3 is 2.21 bits per heavy atom. The van der Waals surface area contributed by atoms with Crippen LogP contribution in [-0.4, -0.2) is 34.6 Å². The molecule has 8 heteroatoms. The average molecular weight is 350 g/mol. The van der Waals surface area contributed by atoms with Crippen LogP contribution in [0.25, 0.3) is 0 Å². The van der Waals surface area contributed by atoms with E-state index in [2.05, 4.69) is 5.32 Å². The summed E-state index contributed by atoms with van der Waals surface area (Å²) in [7, 11) is -2.16. The second kappa shape index (κ2) is 7.91. The van der Waals surface area contributed by atoms with Gasteiger partial charge in [-0.3, -0.25) is 4.79 Å². The van der Waals surface area contributed by atoms with Crippen molar-refractivity contribution in [1.82, 2.24) is 0 Å². The molecule has 1 amide bonds. The molecule has 128 valence electrons. The Kier molecular flexibility index (Phi) is 5.91. The van der Waals surface area contributed by atoms with Crippen molar-refractivity contribution in [3.63, 3.8) is 0 Å². The molecule has 0 aliphatic heterocycles. The van der Waals surface area contributed by atoms with Crippen LogP contribution in [0.5, 0.6) is 5.75 Å². The Bertz CT molecular complexity index is 786. The van der Waals surface area contributed by atoms with E-state index in [4.69, 9.17) is 14.6 Å². The molecule has 2 aromatic rings. The van der Waals surface area contributed by atoms with E-state index in [1.54, 1.807) is 31.4 Å². The van der Waals surface area contributed by atoms with Crippen molar-refractivity contribution in [1.29, 1.82) is 0 Å². The molecule has 0 unspecified atom stereocenters. The number of sulfonamides is 1. The van der Waals surface area contributed by atoms with Crippen LogP contribution in [-0.2, 0) is 14.8 Å². The third-order valence-electron chi connectivity index (χ3n) is 3.11. The number of rotatable bonds is 7. The summed E-state index contributed by atoms with van der Waals surface area (Å²) in [6.07, 6.45) is 0. The second-order valence-electron chi connectivity index (χ2n) is 4.89. The van der Waals surface area contributed by atoms with Crippen LogP contribution in [0.15, 0.2) is 53.4 Å². The zero-order valence-electron chi connectivity index (χ0n) is 13.1. The fourth-order valence-electron chi connectivity index (χ4n) is 1.88. The van der Waals surface area contributed by atoms with Crippen molar-refractivity contribution in [2.24, 2.45) is 5.14 Å². The molecule has 7 nitrogen and oxygen atoms in total. The zero-order chi connectivity index (χ0) is 17.6. The molecule has 0 bridgehead atoms. The number of primary sulfonamides is 1. The van der Waals surface area contributed by atoms with Crippen LogP contribution in [0.1, 0.15) is 10.4 Å². The number of nitrogens with two attached hydrogens (primary N) is 1. The second-order valence-corrected chi connectivity index (χ2v) is 6.45. The fourth-order valence-corrected chi connectivity index (χ4v) is 2.39. The molecule has 3 N–H and O–H groups in total. The number of anilines is 1. The van der Waals surface area contributed by atoms with E-state index >= 15 is 0 Å². The van der Waals surface area contributed by atoms with Crippen molar-refractivity contribution in [3.8, 4) is 5.75 Å². The SMILES string of the molecule is COCCOc1ccc(C(=O)Nc2ccc(S(N)(=O)=O)cc2)cc1. The lowest BCUT2D eigenvalue weighted by Crippen LogP contribution is -2.14. The predicted octanol–water partition coefficient (Wildman–Crippen LogP) is 1.61. The van der Waals surface area contributed by atoms with Gasteiger partial charge in [0.2, 0.25) is 10.0 Å². The van der Waals surface area contributed by atoms with Crippen molar-refractivity contribution in [2.45, 2.75) is 4.90 Å². The number of ether oxygens (including phenoxy) is 2. The molecule has 0 aromatic heterocycles. The molecule has 0 heterocycles. The molecular formula is C16H18N2O5S. The normalized spacial score (nSPS) is 11.1. The Morgan fingerprint density at radius 1 is 1.04 bits per heavy atom. The van der Waals surface area contributed by atoms with Gasteiger partial charge in [-0.05, 0) is 48.5 Å². The molecule has 2 aromatic carbocycles. The van der Waals surface area contributed by atoms with Gasteiger partial charge >= 0.3 is 0 Å². The van der Waals surface area contributed by atoms with Gasteiger partial charge < -0.3 is 14.8 Å². The summed E-state index contributed by atoms with van der Waals surface area (Å²) in [5.41, 5.74) is 0.914. The van der Waals surface area contributed by atoms with Crippen LogP contribution in [0, 0.1) is 0 Å². The van der Waals surface area contributed by atoms with Crippen molar-refractivity contribution in [3.05, 3.63) is 54.1 Å². The maximum absolute atomic E-state index is 12.2. The van der Waals surface area contributed by atoms with Gasteiger partial charge in [0, 0.05) is 18.4 Å². The van der Waals surface area contributed by atoms with E-state index < -0.39 is 10.0 Å². The highest BCUT2D eigenvalue weighted by Crippen LogP contribution is 2.16. The minimum atomic E-state index is -3.75. The fraction of sp³-hybridized carbons (Fsp3) is 0.188. The smallest absolute Gasteiger partial charge is 0.255 e. The van der Waals surface area contributed by atoms with Crippen LogP contribution >= 0.6 is 0 Å². The van der Waals surface area contributed by atoms with Crippen molar-refractivity contribution < 1.29 is 22.7 Å². The van der Waals surface area contributed by atoms with Gasteiger partial charge in [0.1, 0.15) is 12.4 Å². The number of nitrogens with one attached hydrogen (secondary N) is 1. The van der Waals surface area contributed by atoms with E-state index in [0.717, 1.165) is 0 Å². The lowest BCUT2D eigenvalue weighted by atomic mass is 10.2. The number of hydrogen-bond acceptors (Lipinski definition) is 5. The first-order chi connectivity index (χ1) is 11.4. The summed E-state index contributed by atoms with van der Waals surface area (Å²) >= 11 is 0. The summed E-state index contributed by atoms with van der Waals surface area (Å²) in [6, 6.07) is 12.3. The van der Waals surface area contributed by atoms with Gasteiger partial charge in [-0.25, -0.2) is 13.6 Å². The van der Waals surface area contributed by atoms with Gasteiger partial charge in [0.05, 0.1) is 11.5 Å². The first-order valence-electron chi connectivity index (χ1n) is 7.06. The molecule has 0 atom stereocenters.